The molecule has 6 heteroatoms. The van der Waals surface area contributed by atoms with Crippen molar-refractivity contribution in [2.45, 2.75) is 6.54 Å². The van der Waals surface area contributed by atoms with Gasteiger partial charge in [-0.25, -0.2) is 9.37 Å². The van der Waals surface area contributed by atoms with Gasteiger partial charge in [0.2, 0.25) is 5.88 Å². The molecule has 4 nitrogen and oxygen atoms in total. The van der Waals surface area contributed by atoms with Crippen molar-refractivity contribution in [3.63, 3.8) is 0 Å². The van der Waals surface area contributed by atoms with Gasteiger partial charge < -0.3 is 10.5 Å². The third-order valence-corrected chi connectivity index (χ3v) is 2.59. The Balaban J connectivity index is 2.22. The average molecular weight is 298 g/mol. The van der Waals surface area contributed by atoms with Gasteiger partial charge in [0.1, 0.15) is 11.6 Å². The number of ether oxygens (including phenoxy) is 1. The van der Waals surface area contributed by atoms with Crippen LogP contribution in [0.5, 0.6) is 11.6 Å². The quantitative estimate of drug-likeness (QED) is 0.946. The molecule has 2 N–H and O–H groups in total. The highest BCUT2D eigenvalue weighted by Crippen LogP contribution is 2.25. The summed E-state index contributed by atoms with van der Waals surface area (Å²) in [5.41, 5.74) is 6.07. The summed E-state index contributed by atoms with van der Waals surface area (Å²) in [4.78, 5) is 8.06. The summed E-state index contributed by atoms with van der Waals surface area (Å²) in [7, 11) is 0. The van der Waals surface area contributed by atoms with Crippen molar-refractivity contribution in [1.82, 2.24) is 9.97 Å². The summed E-state index contributed by atoms with van der Waals surface area (Å²) in [6.45, 7) is 0.289. The van der Waals surface area contributed by atoms with E-state index in [0.29, 0.717) is 21.8 Å². The lowest BCUT2D eigenvalue weighted by atomic mass is 10.3. The monoisotopic (exact) mass is 297 g/mol. The van der Waals surface area contributed by atoms with Crippen molar-refractivity contribution >= 4 is 15.9 Å². The predicted molar refractivity (Wildman–Crippen MR) is 64.1 cm³/mol. The molecule has 0 bridgehead atoms. The van der Waals surface area contributed by atoms with Crippen LogP contribution >= 0.6 is 15.9 Å². The Kier molecular flexibility index (Phi) is 3.65. The summed E-state index contributed by atoms with van der Waals surface area (Å²) in [6, 6.07) is 4.34. The second-order valence-electron chi connectivity index (χ2n) is 3.23. The molecule has 1 aromatic heterocycles. The van der Waals surface area contributed by atoms with Crippen molar-refractivity contribution in [3.8, 4) is 11.6 Å². The normalized spacial score (nSPS) is 10.3. The summed E-state index contributed by atoms with van der Waals surface area (Å²) >= 11 is 3.08. The maximum atomic E-state index is 13.0. The van der Waals surface area contributed by atoms with Crippen molar-refractivity contribution < 1.29 is 9.13 Å². The van der Waals surface area contributed by atoms with E-state index in [-0.39, 0.29) is 12.4 Å². The number of halogens is 2. The molecule has 1 aromatic carbocycles. The third-order valence-electron chi connectivity index (χ3n) is 1.98. The third kappa shape index (κ3) is 2.98. The minimum absolute atomic E-state index is 0.289. The Morgan fingerprint density at radius 2 is 2.18 bits per heavy atom. The highest BCUT2D eigenvalue weighted by atomic mass is 79.9. The zero-order chi connectivity index (χ0) is 12.3. The average Bonchev–Trinajstić information content (AvgIpc) is 2.34. The van der Waals surface area contributed by atoms with E-state index in [1.165, 1.54) is 24.4 Å². The van der Waals surface area contributed by atoms with E-state index >= 15 is 0 Å². The van der Waals surface area contributed by atoms with Crippen LogP contribution in [0.25, 0.3) is 0 Å². The topological polar surface area (TPSA) is 61.0 Å². The van der Waals surface area contributed by atoms with E-state index < -0.39 is 0 Å². The van der Waals surface area contributed by atoms with Crippen molar-refractivity contribution in [2.24, 2.45) is 5.73 Å². The van der Waals surface area contributed by atoms with Crippen LogP contribution in [0, 0.1) is 5.82 Å². The van der Waals surface area contributed by atoms with E-state index in [0.717, 1.165) is 0 Å². The van der Waals surface area contributed by atoms with Crippen molar-refractivity contribution in [1.29, 1.82) is 0 Å². The molecule has 0 atom stereocenters. The summed E-state index contributed by atoms with van der Waals surface area (Å²) in [6.07, 6.45) is 3.03. The van der Waals surface area contributed by atoms with E-state index in [1.807, 2.05) is 0 Å². The van der Waals surface area contributed by atoms with Gasteiger partial charge in [-0.05, 0) is 34.1 Å². The van der Waals surface area contributed by atoms with Gasteiger partial charge in [-0.1, -0.05) is 0 Å². The van der Waals surface area contributed by atoms with Gasteiger partial charge in [0.25, 0.3) is 0 Å². The molecular formula is C11H9BrFN3O. The van der Waals surface area contributed by atoms with E-state index in [4.69, 9.17) is 10.5 Å². The van der Waals surface area contributed by atoms with Crippen molar-refractivity contribution in [2.75, 3.05) is 0 Å². The van der Waals surface area contributed by atoms with Gasteiger partial charge in [0.05, 0.1) is 16.4 Å². The molecule has 0 aliphatic heterocycles. The Morgan fingerprint density at radius 3 is 2.88 bits per heavy atom. The second-order valence-corrected chi connectivity index (χ2v) is 4.09. The van der Waals surface area contributed by atoms with Crippen LogP contribution in [0.2, 0.25) is 0 Å². The maximum absolute atomic E-state index is 13.0. The van der Waals surface area contributed by atoms with E-state index in [1.54, 1.807) is 6.20 Å². The number of hydrogen-bond donors (Lipinski definition) is 1. The highest BCUT2D eigenvalue weighted by molar-refractivity contribution is 9.10. The molecule has 0 aliphatic rings. The number of aromatic nitrogens is 2. The number of hydrogen-bond acceptors (Lipinski definition) is 4. The molecule has 0 aliphatic carbocycles. The zero-order valence-corrected chi connectivity index (χ0v) is 10.3. The molecule has 0 saturated carbocycles. The van der Waals surface area contributed by atoms with Gasteiger partial charge in [-0.2, -0.15) is 0 Å². The fourth-order valence-corrected chi connectivity index (χ4v) is 1.55. The molecule has 0 amide bonds. The molecule has 17 heavy (non-hydrogen) atoms. The van der Waals surface area contributed by atoms with E-state index in [2.05, 4.69) is 25.9 Å². The molecule has 0 spiro atoms. The Labute approximate surface area is 106 Å². The molecule has 0 radical (unpaired) electrons. The van der Waals surface area contributed by atoms with Crippen LogP contribution in [0.1, 0.15) is 5.69 Å². The number of rotatable bonds is 3. The first kappa shape index (κ1) is 11.9. The van der Waals surface area contributed by atoms with Crippen LogP contribution in [0.4, 0.5) is 4.39 Å². The Bertz CT molecular complexity index is 536. The summed E-state index contributed by atoms with van der Waals surface area (Å²) < 4.78 is 18.8. The molecule has 88 valence electrons. The van der Waals surface area contributed by atoms with Gasteiger partial charge in [0.15, 0.2) is 0 Å². The van der Waals surface area contributed by atoms with Crippen LogP contribution in [-0.4, -0.2) is 9.97 Å². The Hall–Kier alpha value is -1.53. The molecule has 0 unspecified atom stereocenters. The molecule has 1 heterocycles. The maximum Gasteiger partial charge on any atom is 0.238 e. The highest BCUT2D eigenvalue weighted by Gasteiger charge is 2.04. The molecule has 0 saturated heterocycles. The first-order chi connectivity index (χ1) is 8.19. The lowest BCUT2D eigenvalue weighted by molar-refractivity contribution is 0.455. The molecule has 0 fully saturated rings. The lowest BCUT2D eigenvalue weighted by Gasteiger charge is -2.05. The predicted octanol–water partition coefficient (Wildman–Crippen LogP) is 2.63. The standard InChI is InChI=1S/C11H9BrFN3O/c12-9-3-8(1-2-10(9)13)17-11-6-15-5-7(4-14)16-11/h1-3,5-6H,4,14H2. The van der Waals surface area contributed by atoms with Gasteiger partial charge in [-0.15, -0.1) is 0 Å². The minimum Gasteiger partial charge on any atom is -0.437 e. The van der Waals surface area contributed by atoms with E-state index in [9.17, 15) is 4.39 Å². The fourth-order valence-electron chi connectivity index (χ4n) is 1.19. The van der Waals surface area contributed by atoms with Crippen LogP contribution in [0.3, 0.4) is 0 Å². The molecule has 2 rings (SSSR count). The van der Waals surface area contributed by atoms with Crippen LogP contribution in [-0.2, 0) is 6.54 Å². The summed E-state index contributed by atoms with van der Waals surface area (Å²) in [5, 5.41) is 0. The SMILES string of the molecule is NCc1cncc(Oc2ccc(F)c(Br)c2)n1. The second kappa shape index (κ2) is 5.20. The zero-order valence-electron chi connectivity index (χ0n) is 8.73. The van der Waals surface area contributed by atoms with Crippen LogP contribution < -0.4 is 10.5 Å². The molecular weight excluding hydrogens is 289 g/mol. The smallest absolute Gasteiger partial charge is 0.238 e. The largest absolute Gasteiger partial charge is 0.437 e. The molecule has 2 aromatic rings. The first-order valence-electron chi connectivity index (χ1n) is 4.83. The van der Waals surface area contributed by atoms with Gasteiger partial charge in [0, 0.05) is 12.7 Å². The summed E-state index contributed by atoms with van der Waals surface area (Å²) in [5.74, 6) is 0.451. The number of benzene rings is 1. The van der Waals surface area contributed by atoms with Crippen LogP contribution in [0.15, 0.2) is 35.1 Å². The first-order valence-corrected chi connectivity index (χ1v) is 5.62. The Morgan fingerprint density at radius 1 is 1.35 bits per heavy atom. The fraction of sp³-hybridized carbons (Fsp3) is 0.0909. The minimum atomic E-state index is -0.348. The lowest BCUT2D eigenvalue weighted by Crippen LogP contribution is -2.01. The number of nitrogens with two attached hydrogens (primary N) is 1. The van der Waals surface area contributed by atoms with Gasteiger partial charge >= 0.3 is 0 Å². The van der Waals surface area contributed by atoms with Gasteiger partial charge in [-0.3, -0.25) is 4.98 Å². The van der Waals surface area contributed by atoms with Crippen molar-refractivity contribution in [3.05, 3.63) is 46.6 Å². The number of nitrogens with zero attached hydrogens (tertiary/aromatic N) is 2.